The molecule has 1 N–H and O–H groups in total. The van der Waals surface area contributed by atoms with Gasteiger partial charge in [-0.2, -0.15) is 8.78 Å². The topological polar surface area (TPSA) is 75.8 Å². The first kappa shape index (κ1) is 20.3. The number of hydrogen-bond donors (Lipinski definition) is 1. The lowest BCUT2D eigenvalue weighted by Crippen LogP contribution is -2.35. The van der Waals surface area contributed by atoms with E-state index < -0.39 is 29.1 Å². The van der Waals surface area contributed by atoms with Crippen LogP contribution in [0.4, 0.5) is 20.2 Å². The number of rotatable bonds is 6. The summed E-state index contributed by atoms with van der Waals surface area (Å²) in [6.07, 6.45) is 0.756. The van der Waals surface area contributed by atoms with Gasteiger partial charge in [-0.3, -0.25) is 10.1 Å². The van der Waals surface area contributed by atoms with Crippen LogP contribution in [-0.2, 0) is 0 Å². The molecule has 0 radical (unpaired) electrons. The third kappa shape index (κ3) is 4.69. The molecule has 0 saturated carbocycles. The molecule has 1 heterocycles. The van der Waals surface area contributed by atoms with Crippen molar-refractivity contribution in [1.82, 2.24) is 0 Å². The van der Waals surface area contributed by atoms with E-state index in [0.29, 0.717) is 36.6 Å². The Balaban J connectivity index is 1.68. The second-order valence-electron chi connectivity index (χ2n) is 6.61. The number of nitrogens with zero attached hydrogens (tertiary/aromatic N) is 2. The highest BCUT2D eigenvalue weighted by atomic mass is 35.5. The van der Waals surface area contributed by atoms with Gasteiger partial charge >= 0.3 is 12.3 Å². The van der Waals surface area contributed by atoms with E-state index in [1.165, 1.54) is 18.2 Å². The Kier molecular flexibility index (Phi) is 6.31. The third-order valence-electron chi connectivity index (χ3n) is 4.92. The number of benzene rings is 2. The van der Waals surface area contributed by atoms with Crippen LogP contribution in [0.2, 0.25) is 5.02 Å². The van der Waals surface area contributed by atoms with Crippen LogP contribution in [0.5, 0.6) is 5.75 Å². The number of hydrogen-bond acceptors (Lipinski definition) is 5. The summed E-state index contributed by atoms with van der Waals surface area (Å²) in [6, 6.07) is 11.0. The molecule has 0 amide bonds. The first-order valence-corrected chi connectivity index (χ1v) is 9.14. The summed E-state index contributed by atoms with van der Waals surface area (Å²) in [7, 11) is 0. The second-order valence-corrected chi connectivity index (χ2v) is 7.04. The van der Waals surface area contributed by atoms with Crippen molar-refractivity contribution in [3.05, 3.63) is 63.2 Å². The molecule has 150 valence electrons. The van der Waals surface area contributed by atoms with Gasteiger partial charge in [-0.05, 0) is 42.5 Å². The molecule has 0 spiro atoms. The summed E-state index contributed by atoms with van der Waals surface area (Å²) in [5.41, 5.74) is 0.864. The van der Waals surface area contributed by atoms with Gasteiger partial charge in [0.15, 0.2) is 0 Å². The van der Waals surface area contributed by atoms with Crippen LogP contribution in [0.3, 0.4) is 0 Å². The van der Waals surface area contributed by atoms with E-state index in [4.69, 9.17) is 11.6 Å². The molecule has 1 aliphatic rings. The molecule has 1 fully saturated rings. The molecule has 6 nitrogen and oxygen atoms in total. The number of aliphatic hydroxyl groups excluding tert-OH is 1. The number of aliphatic hydroxyl groups is 1. The molecule has 2 aromatic carbocycles. The third-order valence-corrected chi connectivity index (χ3v) is 5.17. The highest BCUT2D eigenvalue weighted by Crippen LogP contribution is 2.36. The Morgan fingerprint density at radius 3 is 2.39 bits per heavy atom. The van der Waals surface area contributed by atoms with Gasteiger partial charge < -0.3 is 14.7 Å². The van der Waals surface area contributed by atoms with Crippen molar-refractivity contribution >= 4 is 23.0 Å². The highest BCUT2D eigenvalue weighted by molar-refractivity contribution is 6.30. The Morgan fingerprint density at radius 1 is 1.18 bits per heavy atom. The van der Waals surface area contributed by atoms with E-state index in [2.05, 4.69) is 4.74 Å². The van der Waals surface area contributed by atoms with E-state index in [1.54, 1.807) is 24.3 Å². The van der Waals surface area contributed by atoms with Gasteiger partial charge in [0.25, 0.3) is 0 Å². The van der Waals surface area contributed by atoms with E-state index in [-0.39, 0.29) is 5.92 Å². The summed E-state index contributed by atoms with van der Waals surface area (Å²) in [5, 5.41) is 22.2. The van der Waals surface area contributed by atoms with E-state index >= 15 is 0 Å². The summed E-state index contributed by atoms with van der Waals surface area (Å²) in [4.78, 5) is 12.2. The molecule has 0 aromatic heterocycles. The van der Waals surface area contributed by atoms with Gasteiger partial charge in [-0.15, -0.1) is 0 Å². The summed E-state index contributed by atoms with van der Waals surface area (Å²) in [6.45, 7) is -1.98. The fourth-order valence-corrected chi connectivity index (χ4v) is 3.57. The number of nitro groups is 1. The number of halogens is 3. The fraction of sp³-hybridized carbons (Fsp3) is 0.368. The average Bonchev–Trinajstić information content (AvgIpc) is 2.67. The molecule has 0 bridgehead atoms. The quantitative estimate of drug-likeness (QED) is 0.544. The molecular weight excluding hydrogens is 394 g/mol. The van der Waals surface area contributed by atoms with Gasteiger partial charge in [0, 0.05) is 35.9 Å². The van der Waals surface area contributed by atoms with Gasteiger partial charge in [0.1, 0.15) is 0 Å². The first-order valence-electron chi connectivity index (χ1n) is 8.77. The van der Waals surface area contributed by atoms with E-state index in [9.17, 15) is 24.0 Å². The van der Waals surface area contributed by atoms with Crippen molar-refractivity contribution in [3.63, 3.8) is 0 Å². The first-order chi connectivity index (χ1) is 13.3. The van der Waals surface area contributed by atoms with Crippen LogP contribution in [-0.4, -0.2) is 29.7 Å². The molecule has 1 atom stereocenters. The Bertz CT molecular complexity index is 827. The standard InChI is InChI=1S/C19H19ClF2N2O4/c20-14-3-1-12(2-4-14)18(25)13-7-9-23(10-8-13)15-5-6-16(24(26)27)17(11-15)28-19(21)22/h1-6,11,13,18-19,25H,7-10H2. The van der Waals surface area contributed by atoms with Crippen molar-refractivity contribution in [2.24, 2.45) is 5.92 Å². The van der Waals surface area contributed by atoms with Crippen LogP contribution in [0.1, 0.15) is 24.5 Å². The van der Waals surface area contributed by atoms with Crippen LogP contribution >= 0.6 is 11.6 Å². The summed E-state index contributed by atoms with van der Waals surface area (Å²) < 4.78 is 29.5. The molecule has 1 saturated heterocycles. The number of piperidine rings is 1. The lowest BCUT2D eigenvalue weighted by Gasteiger charge is -2.35. The van der Waals surface area contributed by atoms with Crippen molar-refractivity contribution < 1.29 is 23.5 Å². The van der Waals surface area contributed by atoms with Gasteiger partial charge in [-0.1, -0.05) is 23.7 Å². The molecule has 2 aromatic rings. The zero-order valence-electron chi connectivity index (χ0n) is 14.8. The summed E-state index contributed by atoms with van der Waals surface area (Å²) in [5.74, 6) is -0.409. The van der Waals surface area contributed by atoms with Gasteiger partial charge in [0.2, 0.25) is 5.75 Å². The molecule has 0 aliphatic carbocycles. The lowest BCUT2D eigenvalue weighted by atomic mass is 9.87. The predicted octanol–water partition coefficient (Wildman–Crippen LogP) is 4.80. The lowest BCUT2D eigenvalue weighted by molar-refractivity contribution is -0.386. The molecule has 1 aliphatic heterocycles. The Hall–Kier alpha value is -2.45. The molecule has 9 heteroatoms. The SMILES string of the molecule is O=[N+]([O-])c1ccc(N2CCC(C(O)c3ccc(Cl)cc3)CC2)cc1OC(F)F. The molecular formula is C19H19ClF2N2O4. The van der Waals surface area contributed by atoms with Crippen molar-refractivity contribution in [3.8, 4) is 5.75 Å². The van der Waals surface area contributed by atoms with Gasteiger partial charge in [-0.25, -0.2) is 0 Å². The van der Waals surface area contributed by atoms with Gasteiger partial charge in [0.05, 0.1) is 11.0 Å². The monoisotopic (exact) mass is 412 g/mol. The smallest absolute Gasteiger partial charge is 0.387 e. The normalized spacial score (nSPS) is 16.2. The zero-order chi connectivity index (χ0) is 20.3. The minimum Gasteiger partial charge on any atom is -0.427 e. The van der Waals surface area contributed by atoms with Crippen LogP contribution < -0.4 is 9.64 Å². The number of ether oxygens (including phenoxy) is 1. The number of alkyl halides is 2. The van der Waals surface area contributed by atoms with Crippen LogP contribution in [0.15, 0.2) is 42.5 Å². The Morgan fingerprint density at radius 2 is 1.82 bits per heavy atom. The zero-order valence-corrected chi connectivity index (χ0v) is 15.6. The maximum Gasteiger partial charge on any atom is 0.387 e. The fourth-order valence-electron chi connectivity index (χ4n) is 3.45. The predicted molar refractivity (Wildman–Crippen MR) is 101 cm³/mol. The summed E-state index contributed by atoms with van der Waals surface area (Å²) >= 11 is 5.88. The van der Waals surface area contributed by atoms with Crippen LogP contribution in [0, 0.1) is 16.0 Å². The van der Waals surface area contributed by atoms with E-state index in [0.717, 1.165) is 5.56 Å². The van der Waals surface area contributed by atoms with Crippen LogP contribution in [0.25, 0.3) is 0 Å². The van der Waals surface area contributed by atoms with Crippen molar-refractivity contribution in [2.75, 3.05) is 18.0 Å². The largest absolute Gasteiger partial charge is 0.427 e. The van der Waals surface area contributed by atoms with Crippen molar-refractivity contribution in [1.29, 1.82) is 0 Å². The molecule has 28 heavy (non-hydrogen) atoms. The van der Waals surface area contributed by atoms with Crippen molar-refractivity contribution in [2.45, 2.75) is 25.6 Å². The average molecular weight is 413 g/mol. The maximum absolute atomic E-state index is 12.6. The Labute approximate surface area is 165 Å². The second kappa shape index (κ2) is 8.70. The highest BCUT2D eigenvalue weighted by Gasteiger charge is 2.28. The molecule has 1 unspecified atom stereocenters. The van der Waals surface area contributed by atoms with E-state index in [1.807, 2.05) is 4.90 Å². The number of anilines is 1. The number of nitro benzene ring substituents is 1. The minimum absolute atomic E-state index is 0.0484. The maximum atomic E-state index is 12.6. The minimum atomic E-state index is -3.14. The molecule has 3 rings (SSSR count).